The highest BCUT2D eigenvalue weighted by Crippen LogP contribution is 2.27. The maximum Gasteiger partial charge on any atom is 0.290 e. The van der Waals surface area contributed by atoms with Crippen LogP contribution >= 0.6 is 0 Å². The van der Waals surface area contributed by atoms with Crippen molar-refractivity contribution in [2.24, 2.45) is 11.8 Å². The first-order valence-electron chi connectivity index (χ1n) is 12.4. The van der Waals surface area contributed by atoms with E-state index < -0.39 is 35.6 Å². The van der Waals surface area contributed by atoms with Crippen molar-refractivity contribution < 1.29 is 23.3 Å². The normalized spacial score (nSPS) is 16.7. The van der Waals surface area contributed by atoms with Crippen LogP contribution in [0.1, 0.15) is 74.9 Å². The van der Waals surface area contributed by atoms with E-state index in [1.807, 2.05) is 13.8 Å². The van der Waals surface area contributed by atoms with E-state index in [-0.39, 0.29) is 18.2 Å². The van der Waals surface area contributed by atoms with E-state index in [2.05, 4.69) is 21.1 Å². The summed E-state index contributed by atoms with van der Waals surface area (Å²) in [6.45, 7) is 3.82. The molecule has 0 saturated heterocycles. The SMILES string of the molecule is CC[C@H](C)[C@H](NC(=O)[C@H](CC1CCCCC1)NC(=O)c1ccno1)C(=O)NCc1ccccc1F. The summed E-state index contributed by atoms with van der Waals surface area (Å²) in [5, 5.41) is 11.9. The zero-order chi connectivity index (χ0) is 25.2. The number of carbonyl (C=O) groups excluding carboxylic acids is 3. The Bertz CT molecular complexity index is 975. The van der Waals surface area contributed by atoms with Crippen molar-refractivity contribution in [3.8, 4) is 0 Å². The number of halogens is 1. The van der Waals surface area contributed by atoms with Gasteiger partial charge in [-0.25, -0.2) is 4.39 Å². The third-order valence-corrected chi connectivity index (χ3v) is 6.78. The molecule has 8 nitrogen and oxygen atoms in total. The molecule has 3 atom stereocenters. The van der Waals surface area contributed by atoms with Crippen molar-refractivity contribution in [2.75, 3.05) is 0 Å². The number of benzene rings is 1. The Hall–Kier alpha value is -3.23. The Morgan fingerprint density at radius 2 is 1.83 bits per heavy atom. The van der Waals surface area contributed by atoms with Crippen LogP contribution in [0.25, 0.3) is 0 Å². The molecule has 1 heterocycles. The van der Waals surface area contributed by atoms with Gasteiger partial charge >= 0.3 is 0 Å². The van der Waals surface area contributed by atoms with Crippen LogP contribution < -0.4 is 16.0 Å². The molecular weight excluding hydrogens is 451 g/mol. The Morgan fingerprint density at radius 1 is 1.09 bits per heavy atom. The predicted octanol–water partition coefficient (Wildman–Crippen LogP) is 3.73. The van der Waals surface area contributed by atoms with Gasteiger partial charge in [0.2, 0.25) is 17.6 Å². The Labute approximate surface area is 205 Å². The van der Waals surface area contributed by atoms with Crippen LogP contribution in [-0.4, -0.2) is 35.0 Å². The van der Waals surface area contributed by atoms with Crippen molar-refractivity contribution in [2.45, 2.75) is 77.4 Å². The summed E-state index contributed by atoms with van der Waals surface area (Å²) in [6, 6.07) is 6.02. The molecule has 3 amide bonds. The van der Waals surface area contributed by atoms with Gasteiger partial charge in [-0.3, -0.25) is 14.4 Å². The van der Waals surface area contributed by atoms with Gasteiger partial charge in [0.15, 0.2) is 0 Å². The van der Waals surface area contributed by atoms with Gasteiger partial charge in [-0.05, 0) is 24.3 Å². The molecule has 0 radical (unpaired) electrons. The topological polar surface area (TPSA) is 113 Å². The molecule has 2 aromatic rings. The van der Waals surface area contributed by atoms with E-state index in [4.69, 9.17) is 4.52 Å². The van der Waals surface area contributed by atoms with Crippen molar-refractivity contribution in [3.63, 3.8) is 0 Å². The first-order chi connectivity index (χ1) is 16.9. The fraction of sp³-hybridized carbons (Fsp3) is 0.538. The zero-order valence-corrected chi connectivity index (χ0v) is 20.4. The van der Waals surface area contributed by atoms with E-state index >= 15 is 0 Å². The minimum absolute atomic E-state index is 0.0159. The fourth-order valence-corrected chi connectivity index (χ4v) is 4.44. The third kappa shape index (κ3) is 7.63. The summed E-state index contributed by atoms with van der Waals surface area (Å²) in [6.07, 6.45) is 7.87. The minimum atomic E-state index is -0.824. The first-order valence-corrected chi connectivity index (χ1v) is 12.4. The van der Waals surface area contributed by atoms with E-state index in [0.29, 0.717) is 24.3 Å². The summed E-state index contributed by atoms with van der Waals surface area (Å²) in [4.78, 5) is 39.0. The van der Waals surface area contributed by atoms with Crippen LogP contribution in [0.3, 0.4) is 0 Å². The third-order valence-electron chi connectivity index (χ3n) is 6.78. The number of nitrogens with zero attached hydrogens (tertiary/aromatic N) is 1. The molecule has 0 bridgehead atoms. The molecule has 0 aliphatic heterocycles. The average molecular weight is 487 g/mol. The molecule has 1 aliphatic rings. The molecule has 190 valence electrons. The Morgan fingerprint density at radius 3 is 2.49 bits per heavy atom. The first kappa shape index (κ1) is 26.4. The molecule has 1 aliphatic carbocycles. The van der Waals surface area contributed by atoms with Crippen molar-refractivity contribution in [1.29, 1.82) is 0 Å². The van der Waals surface area contributed by atoms with E-state index in [1.54, 1.807) is 18.2 Å². The molecule has 3 N–H and O–H groups in total. The highest BCUT2D eigenvalue weighted by molar-refractivity contribution is 5.96. The second kappa shape index (κ2) is 13.0. The molecule has 1 saturated carbocycles. The molecule has 0 unspecified atom stereocenters. The van der Waals surface area contributed by atoms with Crippen LogP contribution in [0.15, 0.2) is 41.1 Å². The van der Waals surface area contributed by atoms with Crippen LogP contribution in [0.5, 0.6) is 0 Å². The number of amides is 3. The van der Waals surface area contributed by atoms with Gasteiger partial charge < -0.3 is 20.5 Å². The summed E-state index contributed by atoms with van der Waals surface area (Å²) in [7, 11) is 0. The van der Waals surface area contributed by atoms with Crippen molar-refractivity contribution >= 4 is 17.7 Å². The number of hydrogen-bond acceptors (Lipinski definition) is 5. The van der Waals surface area contributed by atoms with Crippen LogP contribution in [0, 0.1) is 17.7 Å². The number of carbonyl (C=O) groups is 3. The maximum atomic E-state index is 14.0. The van der Waals surface area contributed by atoms with E-state index in [9.17, 15) is 18.8 Å². The van der Waals surface area contributed by atoms with E-state index in [1.165, 1.54) is 24.8 Å². The van der Waals surface area contributed by atoms with Gasteiger partial charge in [0.05, 0.1) is 6.20 Å². The van der Waals surface area contributed by atoms with E-state index in [0.717, 1.165) is 25.7 Å². The fourth-order valence-electron chi connectivity index (χ4n) is 4.44. The van der Waals surface area contributed by atoms with Crippen LogP contribution in [0.2, 0.25) is 0 Å². The van der Waals surface area contributed by atoms with Crippen molar-refractivity contribution in [1.82, 2.24) is 21.1 Å². The highest BCUT2D eigenvalue weighted by atomic mass is 19.1. The monoisotopic (exact) mass is 486 g/mol. The second-order valence-electron chi connectivity index (χ2n) is 9.32. The Balaban J connectivity index is 1.70. The molecule has 1 fully saturated rings. The van der Waals surface area contributed by atoms with Gasteiger partial charge in [-0.15, -0.1) is 0 Å². The van der Waals surface area contributed by atoms with Crippen molar-refractivity contribution in [3.05, 3.63) is 53.7 Å². The number of hydrogen-bond donors (Lipinski definition) is 3. The van der Waals surface area contributed by atoms with Gasteiger partial charge in [0.1, 0.15) is 17.9 Å². The lowest BCUT2D eigenvalue weighted by Gasteiger charge is -2.29. The largest absolute Gasteiger partial charge is 0.351 e. The quantitative estimate of drug-likeness (QED) is 0.448. The molecule has 1 aromatic heterocycles. The van der Waals surface area contributed by atoms with Gasteiger partial charge in [0, 0.05) is 18.2 Å². The molecular formula is C26H35FN4O4. The zero-order valence-electron chi connectivity index (χ0n) is 20.4. The second-order valence-corrected chi connectivity index (χ2v) is 9.32. The predicted molar refractivity (Wildman–Crippen MR) is 129 cm³/mol. The minimum Gasteiger partial charge on any atom is -0.351 e. The summed E-state index contributed by atoms with van der Waals surface area (Å²) in [5.41, 5.74) is 0.365. The Kier molecular flexibility index (Phi) is 9.81. The molecule has 0 spiro atoms. The number of rotatable bonds is 11. The maximum absolute atomic E-state index is 14.0. The summed E-state index contributed by atoms with van der Waals surface area (Å²) >= 11 is 0. The lowest BCUT2D eigenvalue weighted by atomic mass is 9.84. The van der Waals surface area contributed by atoms with Gasteiger partial charge in [-0.1, -0.05) is 75.7 Å². The summed E-state index contributed by atoms with van der Waals surface area (Å²) < 4.78 is 18.9. The molecule has 1 aromatic carbocycles. The number of aromatic nitrogens is 1. The lowest BCUT2D eigenvalue weighted by molar-refractivity contribution is -0.131. The standard InChI is InChI=1S/C26H35FN4O4/c1-3-17(2)23(26(34)28-16-19-11-7-8-12-20(19)27)31-24(32)21(15-18-9-5-4-6-10-18)30-25(33)22-13-14-29-35-22/h7-8,11-14,17-18,21,23H,3-6,9-10,15-16H2,1-2H3,(H,28,34)(H,30,33)(H,31,32)/t17-,21-,23-/m0/s1. The lowest BCUT2D eigenvalue weighted by Crippen LogP contribution is -2.56. The summed E-state index contributed by atoms with van der Waals surface area (Å²) in [5.74, 6) is -1.58. The number of nitrogens with one attached hydrogen (secondary N) is 3. The van der Waals surface area contributed by atoms with Gasteiger partial charge in [-0.2, -0.15) is 0 Å². The van der Waals surface area contributed by atoms with Crippen LogP contribution in [0.4, 0.5) is 4.39 Å². The highest BCUT2D eigenvalue weighted by Gasteiger charge is 2.32. The molecule has 9 heteroatoms. The average Bonchev–Trinajstić information content (AvgIpc) is 3.41. The molecule has 35 heavy (non-hydrogen) atoms. The smallest absolute Gasteiger partial charge is 0.290 e. The van der Waals surface area contributed by atoms with Crippen LogP contribution in [-0.2, 0) is 16.1 Å². The van der Waals surface area contributed by atoms with Gasteiger partial charge in [0.25, 0.3) is 5.91 Å². The molecule has 3 rings (SSSR count).